The number of ether oxygens (including phenoxy) is 1. The molecule has 0 atom stereocenters. The number of para-hydroxylation sites is 1. The summed E-state index contributed by atoms with van der Waals surface area (Å²) >= 11 is 0. The number of fused-ring (bicyclic) bond motifs is 5. The van der Waals surface area contributed by atoms with Crippen molar-refractivity contribution in [1.82, 2.24) is 24.5 Å². The molecule has 42 heavy (non-hydrogen) atoms. The zero-order chi connectivity index (χ0) is 27.2. The van der Waals surface area contributed by atoms with Crippen molar-refractivity contribution >= 4 is 27.9 Å². The Morgan fingerprint density at radius 1 is 0.667 bits per heavy atom. The molecule has 0 radical (unpaired) electrons. The fourth-order valence-electron chi connectivity index (χ4n) is 4.89. The molecule has 0 bridgehead atoms. The van der Waals surface area contributed by atoms with Crippen molar-refractivity contribution in [2.75, 3.05) is 0 Å². The molecule has 7 nitrogen and oxygen atoms in total. The van der Waals surface area contributed by atoms with Crippen LogP contribution in [0.15, 0.2) is 120 Å². The van der Waals surface area contributed by atoms with Crippen molar-refractivity contribution < 1.29 is 30.3 Å². The number of aromatic nitrogens is 5. The monoisotopic (exact) mass is 724 g/mol. The molecule has 0 saturated carbocycles. The maximum Gasteiger partial charge on any atom is 2.00 e. The number of hydrogen-bond acceptors (Lipinski definition) is 6. The minimum absolute atomic E-state index is 0. The summed E-state index contributed by atoms with van der Waals surface area (Å²) in [5, 5.41) is 0.911. The molecule has 4 heterocycles. The fraction of sp³-hybridized carbons (Fsp3) is 0. The second-order valence-corrected chi connectivity index (χ2v) is 9.45. The zero-order valence-electron chi connectivity index (χ0n) is 21.8. The van der Waals surface area contributed by atoms with E-state index in [9.17, 15) is 0 Å². The van der Waals surface area contributed by atoms with Crippen LogP contribution in [0.2, 0.25) is 0 Å². The molecule has 0 aliphatic heterocycles. The fourth-order valence-corrected chi connectivity index (χ4v) is 4.89. The Hall–Kier alpha value is -5.13. The van der Waals surface area contributed by atoms with E-state index in [1.807, 2.05) is 103 Å². The van der Waals surface area contributed by atoms with Gasteiger partial charge in [0.05, 0.1) is 11.1 Å². The molecule has 8 rings (SSSR count). The topological polar surface area (TPSA) is 78.3 Å². The van der Waals surface area contributed by atoms with Gasteiger partial charge in [0.25, 0.3) is 0 Å². The predicted molar refractivity (Wildman–Crippen MR) is 156 cm³/mol. The predicted octanol–water partition coefficient (Wildman–Crippen LogP) is 7.81. The molecule has 0 spiro atoms. The van der Waals surface area contributed by atoms with E-state index < -0.39 is 0 Å². The van der Waals surface area contributed by atoms with E-state index in [0.29, 0.717) is 34.1 Å². The molecule has 4 aromatic heterocycles. The third kappa shape index (κ3) is 4.54. The van der Waals surface area contributed by atoms with Crippen molar-refractivity contribution in [3.63, 3.8) is 0 Å². The third-order valence-corrected chi connectivity index (χ3v) is 6.84. The summed E-state index contributed by atoms with van der Waals surface area (Å²) in [7, 11) is 0. The molecular formula is C34H19N5O2Pt. The molecule has 0 amide bonds. The third-order valence-electron chi connectivity index (χ3n) is 6.84. The van der Waals surface area contributed by atoms with Crippen LogP contribution in [-0.2, 0) is 21.1 Å². The molecule has 0 fully saturated rings. The summed E-state index contributed by atoms with van der Waals surface area (Å²) in [6, 6.07) is 40.2. The van der Waals surface area contributed by atoms with Crippen molar-refractivity contribution in [3.05, 3.63) is 128 Å². The average Bonchev–Trinajstić information content (AvgIpc) is 3.58. The normalized spacial score (nSPS) is 11.1. The van der Waals surface area contributed by atoms with Gasteiger partial charge in [0.15, 0.2) is 16.9 Å². The van der Waals surface area contributed by atoms with Crippen molar-refractivity contribution in [2.24, 2.45) is 0 Å². The van der Waals surface area contributed by atoms with Gasteiger partial charge in [-0.25, -0.2) is 9.97 Å². The van der Waals surface area contributed by atoms with Crippen molar-refractivity contribution in [1.29, 1.82) is 0 Å². The summed E-state index contributed by atoms with van der Waals surface area (Å²) in [5.41, 5.74) is 7.44. The van der Waals surface area contributed by atoms with Crippen LogP contribution in [0, 0.1) is 12.1 Å². The van der Waals surface area contributed by atoms with E-state index in [0.717, 1.165) is 38.9 Å². The molecule has 0 saturated heterocycles. The van der Waals surface area contributed by atoms with E-state index in [4.69, 9.17) is 19.2 Å². The Bertz CT molecular complexity index is 2190. The first-order valence-corrected chi connectivity index (χ1v) is 13.1. The number of rotatable bonds is 5. The minimum atomic E-state index is 0. The van der Waals surface area contributed by atoms with E-state index in [-0.39, 0.29) is 21.1 Å². The van der Waals surface area contributed by atoms with Crippen molar-refractivity contribution in [3.8, 4) is 45.1 Å². The number of nitrogens with zero attached hydrogens (tertiary/aromatic N) is 5. The van der Waals surface area contributed by atoms with Gasteiger partial charge < -0.3 is 14.2 Å². The van der Waals surface area contributed by atoms with Crippen molar-refractivity contribution in [2.45, 2.75) is 0 Å². The Morgan fingerprint density at radius 2 is 1.50 bits per heavy atom. The maximum absolute atomic E-state index is 6.44. The second kappa shape index (κ2) is 10.7. The SMILES string of the molecule is [Pt+2].[c-]1c(Oc2[c-]c(-c3ccccn3)ccc2-c2ccccc2)cccc1-c1cnc2c(n1)nc1c3ccccc3on21. The molecule has 8 heteroatoms. The van der Waals surface area contributed by atoms with Crippen LogP contribution in [0.1, 0.15) is 0 Å². The maximum atomic E-state index is 6.44. The molecular weight excluding hydrogens is 705 g/mol. The summed E-state index contributed by atoms with van der Waals surface area (Å²) < 4.78 is 14.0. The largest absolute Gasteiger partial charge is 2.00 e. The second-order valence-electron chi connectivity index (χ2n) is 9.45. The molecule has 202 valence electrons. The van der Waals surface area contributed by atoms with Gasteiger partial charge in [0.2, 0.25) is 5.65 Å². The molecule has 8 aromatic rings. The first-order chi connectivity index (χ1) is 20.3. The van der Waals surface area contributed by atoms with Gasteiger partial charge in [-0.3, -0.25) is 4.98 Å². The van der Waals surface area contributed by atoms with Crippen LogP contribution >= 0.6 is 0 Å². The summed E-state index contributed by atoms with van der Waals surface area (Å²) in [5.74, 6) is 1.11. The first kappa shape index (κ1) is 25.8. The standard InChI is InChI=1S/C34H19N5O2.Pt/c1-2-9-22(10-3-1)26-17-16-24(28-14-6-7-18-35-28)20-31(26)40-25-12-8-11-23(19-25)29-21-36-34-32(37-29)38-33-27-13-4-5-15-30(27)41-39(33)34;/h1-18,21H;/q-2;+2. The minimum Gasteiger partial charge on any atom is -0.496 e. The summed E-state index contributed by atoms with van der Waals surface area (Å²) in [6.07, 6.45) is 3.46. The smallest absolute Gasteiger partial charge is 0.496 e. The Morgan fingerprint density at radius 3 is 2.38 bits per heavy atom. The number of benzene rings is 4. The molecule has 0 aliphatic carbocycles. The zero-order valence-corrected chi connectivity index (χ0v) is 24.1. The van der Waals surface area contributed by atoms with Gasteiger partial charge in [-0.1, -0.05) is 77.9 Å². The van der Waals surface area contributed by atoms with Crippen LogP contribution in [0.25, 0.3) is 61.6 Å². The van der Waals surface area contributed by atoms with Gasteiger partial charge in [-0.2, -0.15) is 0 Å². The molecule has 0 unspecified atom stereocenters. The molecule has 0 N–H and O–H groups in total. The number of pyridine rings is 1. The molecule has 4 aromatic carbocycles. The average molecular weight is 725 g/mol. The van der Waals surface area contributed by atoms with Crippen LogP contribution in [0.5, 0.6) is 11.5 Å². The van der Waals surface area contributed by atoms with Gasteiger partial charge in [0.1, 0.15) is 0 Å². The Kier molecular flexibility index (Phi) is 6.57. The Labute approximate surface area is 254 Å². The van der Waals surface area contributed by atoms with Crippen LogP contribution < -0.4 is 4.74 Å². The van der Waals surface area contributed by atoms with Crippen LogP contribution in [0.3, 0.4) is 0 Å². The van der Waals surface area contributed by atoms with Gasteiger partial charge >= 0.3 is 21.1 Å². The van der Waals surface area contributed by atoms with Gasteiger partial charge in [-0.05, 0) is 23.9 Å². The number of hydrogen-bond donors (Lipinski definition) is 0. The Balaban J connectivity index is 0.00000288. The van der Waals surface area contributed by atoms with Crippen LogP contribution in [-0.4, -0.2) is 24.5 Å². The number of imidazole rings is 1. The van der Waals surface area contributed by atoms with Gasteiger partial charge in [0, 0.05) is 23.8 Å². The molecule has 0 aliphatic rings. The van der Waals surface area contributed by atoms with E-state index >= 15 is 0 Å². The van der Waals surface area contributed by atoms with E-state index in [1.54, 1.807) is 17.0 Å². The van der Waals surface area contributed by atoms with Crippen LogP contribution in [0.4, 0.5) is 0 Å². The van der Waals surface area contributed by atoms with E-state index in [2.05, 4.69) is 22.1 Å². The summed E-state index contributed by atoms with van der Waals surface area (Å²) in [4.78, 5) is 18.6. The summed E-state index contributed by atoms with van der Waals surface area (Å²) in [6.45, 7) is 0. The van der Waals surface area contributed by atoms with E-state index in [1.165, 1.54) is 0 Å². The quantitative estimate of drug-likeness (QED) is 0.169. The first-order valence-electron chi connectivity index (χ1n) is 13.1. The van der Waals surface area contributed by atoms with Gasteiger partial charge in [-0.15, -0.1) is 46.0 Å².